The van der Waals surface area contributed by atoms with Crippen molar-refractivity contribution in [2.75, 3.05) is 35.8 Å². The summed E-state index contributed by atoms with van der Waals surface area (Å²) in [6.07, 6.45) is 0. The van der Waals surface area contributed by atoms with E-state index in [0.29, 0.717) is 13.1 Å². The molecule has 1 saturated heterocycles. The van der Waals surface area contributed by atoms with Crippen molar-refractivity contribution in [2.45, 2.75) is 0 Å². The summed E-state index contributed by atoms with van der Waals surface area (Å²) in [5.41, 5.74) is 2.14. The Balaban J connectivity index is 1.57. The Morgan fingerprint density at radius 3 is 1.50 bits per heavy atom. The normalized spacial score (nSPS) is 14.2. The van der Waals surface area contributed by atoms with E-state index in [-0.39, 0.29) is 6.03 Å². The van der Waals surface area contributed by atoms with Crippen LogP contribution in [-0.4, -0.2) is 41.8 Å². The first-order valence-electron chi connectivity index (χ1n) is 7.68. The maximum Gasteiger partial charge on any atom is 0.342 e. The van der Waals surface area contributed by atoms with Crippen LogP contribution in [0, 0.1) is 0 Å². The molecule has 1 aliphatic rings. The summed E-state index contributed by atoms with van der Waals surface area (Å²) in [6.45, 7) is 1.41. The lowest BCUT2D eigenvalue weighted by molar-refractivity contribution is 0.228. The smallest absolute Gasteiger partial charge is 0.302 e. The second kappa shape index (κ2) is 7.72. The second-order valence-electron chi connectivity index (χ2n) is 5.32. The zero-order chi connectivity index (χ0) is 16.9. The van der Waals surface area contributed by atoms with Gasteiger partial charge in [0.15, 0.2) is 0 Å². The third-order valence-electron chi connectivity index (χ3n) is 3.61. The highest BCUT2D eigenvalue weighted by Gasteiger charge is 2.32. The number of urea groups is 1. The van der Waals surface area contributed by atoms with E-state index in [9.17, 15) is 4.79 Å². The van der Waals surface area contributed by atoms with Gasteiger partial charge in [0, 0.05) is 25.5 Å². The number of para-hydroxylation sites is 2. The number of benzene rings is 2. The minimum Gasteiger partial charge on any atom is -0.302 e. The van der Waals surface area contributed by atoms with Crippen molar-refractivity contribution >= 4 is 41.7 Å². The van der Waals surface area contributed by atoms with E-state index in [1.165, 1.54) is 24.3 Å². The molecule has 7 heteroatoms. The zero-order valence-electron chi connectivity index (χ0n) is 13.7. The van der Waals surface area contributed by atoms with Gasteiger partial charge in [-0.25, -0.2) is 13.4 Å². The van der Waals surface area contributed by atoms with E-state index in [0.717, 1.165) is 11.4 Å². The van der Waals surface area contributed by atoms with Crippen LogP contribution in [0.3, 0.4) is 0 Å². The van der Waals surface area contributed by atoms with Gasteiger partial charge in [-0.1, -0.05) is 36.4 Å². The number of nitrogens with zero attached hydrogens (tertiary/aromatic N) is 4. The lowest BCUT2D eigenvalue weighted by atomic mass is 10.3. The molecule has 0 unspecified atom stereocenters. The molecule has 24 heavy (non-hydrogen) atoms. The summed E-state index contributed by atoms with van der Waals surface area (Å²) < 4.78 is 7.59. The molecule has 0 spiro atoms. The van der Waals surface area contributed by atoms with Crippen LogP contribution in [-0.2, 0) is 0 Å². The Kier molecular flexibility index (Phi) is 5.42. The van der Waals surface area contributed by atoms with E-state index in [1.54, 1.807) is 8.61 Å². The maximum absolute atomic E-state index is 12.6. The molecule has 0 N–H and O–H groups in total. The first-order valence-corrected chi connectivity index (χ1v) is 9.14. The molecule has 2 amide bonds. The summed E-state index contributed by atoms with van der Waals surface area (Å²) in [5.74, 6) is 0. The number of carbonyl (C=O) groups is 1. The fourth-order valence-electron chi connectivity index (χ4n) is 2.31. The molecule has 1 heterocycles. The molecule has 0 bridgehead atoms. The predicted octanol–water partition coefficient (Wildman–Crippen LogP) is 4.12. The van der Waals surface area contributed by atoms with Gasteiger partial charge >= 0.3 is 6.03 Å². The van der Waals surface area contributed by atoms with E-state index < -0.39 is 0 Å². The van der Waals surface area contributed by atoms with Crippen LogP contribution in [0.1, 0.15) is 0 Å². The van der Waals surface area contributed by atoms with Crippen molar-refractivity contribution in [1.82, 2.24) is 8.61 Å². The first-order chi connectivity index (χ1) is 11.6. The molecule has 2 aromatic rings. The molecule has 5 nitrogen and oxygen atoms in total. The number of rotatable bonds is 6. The van der Waals surface area contributed by atoms with E-state index >= 15 is 0 Å². The average molecular weight is 361 g/mol. The largest absolute Gasteiger partial charge is 0.342 e. The summed E-state index contributed by atoms with van der Waals surface area (Å²) in [7, 11) is 3.94. The van der Waals surface area contributed by atoms with Gasteiger partial charge in [-0.15, -0.1) is 0 Å². The lowest BCUT2D eigenvalue weighted by Gasteiger charge is -2.25. The van der Waals surface area contributed by atoms with E-state index in [1.807, 2.05) is 83.4 Å². The number of hydrogen-bond donors (Lipinski definition) is 0. The number of amides is 2. The molecule has 0 atom stereocenters. The molecule has 0 radical (unpaired) electrons. The first kappa shape index (κ1) is 16.9. The van der Waals surface area contributed by atoms with Gasteiger partial charge in [-0.2, -0.15) is 0 Å². The highest BCUT2D eigenvalue weighted by molar-refractivity contribution is 8.00. The van der Waals surface area contributed by atoms with Gasteiger partial charge in [0.2, 0.25) is 0 Å². The Labute approximate surface area is 151 Å². The predicted molar refractivity (Wildman–Crippen MR) is 104 cm³/mol. The molecular weight excluding hydrogens is 340 g/mol. The highest BCUT2D eigenvalue weighted by atomic mass is 32.2. The third-order valence-corrected chi connectivity index (χ3v) is 5.60. The van der Waals surface area contributed by atoms with Gasteiger partial charge in [0.05, 0.1) is 37.4 Å². The summed E-state index contributed by atoms with van der Waals surface area (Å²) in [5, 5.41) is 0. The Morgan fingerprint density at radius 2 is 1.12 bits per heavy atom. The van der Waals surface area contributed by atoms with Gasteiger partial charge in [0.1, 0.15) is 0 Å². The van der Waals surface area contributed by atoms with Crippen LogP contribution in [0.2, 0.25) is 0 Å². The maximum atomic E-state index is 12.6. The SMILES string of the molecule is CN(SN1CCN(SN(C)c2ccccc2)C1=O)c1ccccc1. The van der Waals surface area contributed by atoms with Crippen molar-refractivity contribution in [1.29, 1.82) is 0 Å². The molecule has 0 saturated carbocycles. The van der Waals surface area contributed by atoms with E-state index in [4.69, 9.17) is 0 Å². The Bertz CT molecular complexity index is 613. The van der Waals surface area contributed by atoms with Crippen LogP contribution in [0.5, 0.6) is 0 Å². The van der Waals surface area contributed by atoms with E-state index in [2.05, 4.69) is 0 Å². The van der Waals surface area contributed by atoms with Crippen LogP contribution >= 0.6 is 24.3 Å². The van der Waals surface area contributed by atoms with Crippen LogP contribution in [0.25, 0.3) is 0 Å². The second-order valence-corrected chi connectivity index (χ2v) is 7.62. The van der Waals surface area contributed by atoms with Gasteiger partial charge < -0.3 is 8.61 Å². The van der Waals surface area contributed by atoms with Crippen LogP contribution in [0.15, 0.2) is 60.7 Å². The van der Waals surface area contributed by atoms with Crippen molar-refractivity contribution in [3.63, 3.8) is 0 Å². The highest BCUT2D eigenvalue weighted by Crippen LogP contribution is 2.31. The molecule has 126 valence electrons. The molecule has 1 fully saturated rings. The zero-order valence-corrected chi connectivity index (χ0v) is 15.3. The Hall–Kier alpha value is -1.99. The van der Waals surface area contributed by atoms with Crippen molar-refractivity contribution in [3.05, 3.63) is 60.7 Å². The molecule has 1 aliphatic heterocycles. The topological polar surface area (TPSA) is 30.0 Å². The summed E-state index contributed by atoms with van der Waals surface area (Å²) >= 11 is 2.88. The van der Waals surface area contributed by atoms with Gasteiger partial charge in [0.25, 0.3) is 0 Å². The van der Waals surface area contributed by atoms with Crippen molar-refractivity contribution in [3.8, 4) is 0 Å². The van der Waals surface area contributed by atoms with Crippen LogP contribution < -0.4 is 8.61 Å². The minimum absolute atomic E-state index is 0.0237. The summed E-state index contributed by atoms with van der Waals surface area (Å²) in [4.78, 5) is 12.6. The average Bonchev–Trinajstić information content (AvgIpc) is 2.96. The standard InChI is InChI=1S/C17H20N4OS2/c1-18(15-9-5-3-6-10-15)23-20-13-14-21(17(20)22)24-19(2)16-11-7-4-8-12-16/h3-12H,13-14H2,1-2H3. The third kappa shape index (κ3) is 3.91. The molecule has 2 aromatic carbocycles. The fraction of sp³-hybridized carbons (Fsp3) is 0.235. The Morgan fingerprint density at radius 1 is 0.750 bits per heavy atom. The fourth-order valence-corrected chi connectivity index (χ4v) is 4.05. The monoisotopic (exact) mass is 360 g/mol. The molecule has 3 rings (SSSR count). The molecular formula is C17H20N4OS2. The lowest BCUT2D eigenvalue weighted by Crippen LogP contribution is -2.29. The summed E-state index contributed by atoms with van der Waals surface area (Å²) in [6, 6.07) is 20.1. The minimum atomic E-state index is 0.0237. The number of hydrogen-bond acceptors (Lipinski definition) is 5. The van der Waals surface area contributed by atoms with Crippen molar-refractivity contribution < 1.29 is 4.79 Å². The van der Waals surface area contributed by atoms with Gasteiger partial charge in [-0.05, 0) is 24.3 Å². The quantitative estimate of drug-likeness (QED) is 0.723. The number of anilines is 2. The molecule has 0 aliphatic carbocycles. The number of carbonyl (C=O) groups excluding carboxylic acids is 1. The van der Waals surface area contributed by atoms with Crippen molar-refractivity contribution in [2.24, 2.45) is 0 Å². The van der Waals surface area contributed by atoms with Crippen LogP contribution in [0.4, 0.5) is 16.2 Å². The van der Waals surface area contributed by atoms with Gasteiger partial charge in [-0.3, -0.25) is 0 Å². The molecule has 0 aromatic heterocycles.